The molecule has 0 aromatic heterocycles. The SMILES string of the molecule is CC1CC(C)CC(NCCCNC(=O)OC(C)(C)C)C1. The normalized spacial score (nSPS) is 27.1. The van der Waals surface area contributed by atoms with Crippen molar-refractivity contribution in [1.82, 2.24) is 10.6 Å². The molecule has 1 aliphatic rings. The molecular formula is C16H32N2O2. The van der Waals surface area contributed by atoms with Crippen LogP contribution in [0.2, 0.25) is 0 Å². The highest BCUT2D eigenvalue weighted by molar-refractivity contribution is 5.67. The van der Waals surface area contributed by atoms with Gasteiger partial charge in [0.1, 0.15) is 5.60 Å². The van der Waals surface area contributed by atoms with Gasteiger partial charge in [0, 0.05) is 12.6 Å². The van der Waals surface area contributed by atoms with Crippen molar-refractivity contribution in [3.8, 4) is 0 Å². The molecule has 20 heavy (non-hydrogen) atoms. The van der Waals surface area contributed by atoms with Crippen molar-refractivity contribution in [3.05, 3.63) is 0 Å². The van der Waals surface area contributed by atoms with Gasteiger partial charge >= 0.3 is 6.09 Å². The summed E-state index contributed by atoms with van der Waals surface area (Å²) in [6.07, 6.45) is 4.54. The Labute approximate surface area is 124 Å². The second-order valence-corrected chi connectivity index (χ2v) is 7.35. The Balaban J connectivity index is 2.06. The van der Waals surface area contributed by atoms with Crippen LogP contribution >= 0.6 is 0 Å². The van der Waals surface area contributed by atoms with Gasteiger partial charge < -0.3 is 15.4 Å². The van der Waals surface area contributed by atoms with Crippen molar-refractivity contribution < 1.29 is 9.53 Å². The molecule has 1 aliphatic carbocycles. The number of carbonyl (C=O) groups is 1. The largest absolute Gasteiger partial charge is 0.444 e. The highest BCUT2D eigenvalue weighted by Crippen LogP contribution is 2.28. The standard InChI is InChI=1S/C16H32N2O2/c1-12-9-13(2)11-14(10-12)17-7-6-8-18-15(19)20-16(3,4)5/h12-14,17H,6-11H2,1-5H3,(H,18,19). The lowest BCUT2D eigenvalue weighted by Gasteiger charge is -2.32. The molecule has 4 heteroatoms. The summed E-state index contributed by atoms with van der Waals surface area (Å²) in [5, 5.41) is 6.41. The Hall–Kier alpha value is -0.770. The molecule has 1 rings (SSSR count). The predicted molar refractivity (Wildman–Crippen MR) is 82.8 cm³/mol. The predicted octanol–water partition coefficient (Wildman–Crippen LogP) is 3.32. The fraction of sp³-hybridized carbons (Fsp3) is 0.938. The van der Waals surface area contributed by atoms with Gasteiger partial charge in [0.15, 0.2) is 0 Å². The summed E-state index contributed by atoms with van der Waals surface area (Å²) in [5.41, 5.74) is -0.420. The van der Waals surface area contributed by atoms with Gasteiger partial charge in [0.25, 0.3) is 0 Å². The maximum Gasteiger partial charge on any atom is 0.407 e. The molecule has 0 spiro atoms. The van der Waals surface area contributed by atoms with Gasteiger partial charge in [-0.1, -0.05) is 13.8 Å². The van der Waals surface area contributed by atoms with Gasteiger partial charge in [-0.15, -0.1) is 0 Å². The first-order valence-electron chi connectivity index (χ1n) is 7.96. The highest BCUT2D eigenvalue weighted by Gasteiger charge is 2.23. The third kappa shape index (κ3) is 7.73. The summed E-state index contributed by atoms with van der Waals surface area (Å²) >= 11 is 0. The van der Waals surface area contributed by atoms with Crippen LogP contribution in [0.1, 0.15) is 60.3 Å². The zero-order chi connectivity index (χ0) is 15.2. The molecule has 1 fully saturated rings. The third-order valence-corrected chi connectivity index (χ3v) is 3.63. The van der Waals surface area contributed by atoms with Crippen LogP contribution < -0.4 is 10.6 Å². The van der Waals surface area contributed by atoms with Gasteiger partial charge in [-0.25, -0.2) is 4.79 Å². The fourth-order valence-electron chi connectivity index (χ4n) is 3.01. The molecular weight excluding hydrogens is 252 g/mol. The summed E-state index contributed by atoms with van der Waals surface area (Å²) in [6.45, 7) is 11.9. The topological polar surface area (TPSA) is 50.4 Å². The van der Waals surface area contributed by atoms with Gasteiger partial charge in [0.2, 0.25) is 0 Å². The van der Waals surface area contributed by atoms with E-state index >= 15 is 0 Å². The van der Waals surface area contributed by atoms with Gasteiger partial charge in [-0.05, 0) is 64.8 Å². The summed E-state index contributed by atoms with van der Waals surface area (Å²) in [4.78, 5) is 11.5. The molecule has 0 bridgehead atoms. The molecule has 2 atom stereocenters. The van der Waals surface area contributed by atoms with Gasteiger partial charge in [-0.2, -0.15) is 0 Å². The lowest BCUT2D eigenvalue weighted by molar-refractivity contribution is 0.0527. The quantitative estimate of drug-likeness (QED) is 0.761. The molecule has 0 saturated heterocycles. The van der Waals surface area contributed by atoms with Crippen molar-refractivity contribution in [2.75, 3.05) is 13.1 Å². The Kier molecular flexibility index (Phi) is 6.80. The van der Waals surface area contributed by atoms with Gasteiger partial charge in [0.05, 0.1) is 0 Å². The molecule has 0 aromatic rings. The Morgan fingerprint density at radius 3 is 2.25 bits per heavy atom. The summed E-state index contributed by atoms with van der Waals surface area (Å²) in [5.74, 6) is 1.66. The molecule has 1 saturated carbocycles. The van der Waals surface area contributed by atoms with Crippen LogP contribution in [0, 0.1) is 11.8 Å². The highest BCUT2D eigenvalue weighted by atomic mass is 16.6. The summed E-state index contributed by atoms with van der Waals surface area (Å²) < 4.78 is 5.19. The van der Waals surface area contributed by atoms with E-state index in [9.17, 15) is 4.79 Å². The number of carbonyl (C=O) groups excluding carboxylic acids is 1. The second-order valence-electron chi connectivity index (χ2n) is 7.35. The maximum atomic E-state index is 11.5. The smallest absolute Gasteiger partial charge is 0.407 e. The number of hydrogen-bond donors (Lipinski definition) is 2. The lowest BCUT2D eigenvalue weighted by atomic mass is 9.80. The number of rotatable bonds is 5. The zero-order valence-corrected chi connectivity index (χ0v) is 13.8. The van der Waals surface area contributed by atoms with Gasteiger partial charge in [-0.3, -0.25) is 0 Å². The van der Waals surface area contributed by atoms with Crippen molar-refractivity contribution in [2.24, 2.45) is 11.8 Å². The third-order valence-electron chi connectivity index (χ3n) is 3.63. The molecule has 0 radical (unpaired) electrons. The molecule has 2 N–H and O–H groups in total. The molecule has 0 aromatic carbocycles. The van der Waals surface area contributed by atoms with E-state index in [1.165, 1.54) is 19.3 Å². The zero-order valence-electron chi connectivity index (χ0n) is 13.8. The Bertz CT molecular complexity index is 289. The number of hydrogen-bond acceptors (Lipinski definition) is 3. The maximum absolute atomic E-state index is 11.5. The first-order chi connectivity index (χ1) is 9.26. The number of alkyl carbamates (subject to hydrolysis) is 1. The van der Waals surface area contributed by atoms with Crippen LogP contribution in [-0.4, -0.2) is 30.8 Å². The number of ether oxygens (including phenoxy) is 1. The van der Waals surface area contributed by atoms with E-state index < -0.39 is 5.60 Å². The second kappa shape index (κ2) is 7.87. The minimum atomic E-state index is -0.420. The molecule has 4 nitrogen and oxygen atoms in total. The summed E-state index contributed by atoms with van der Waals surface area (Å²) in [7, 11) is 0. The first-order valence-corrected chi connectivity index (χ1v) is 7.96. The fourth-order valence-corrected chi connectivity index (χ4v) is 3.01. The van der Waals surface area contributed by atoms with E-state index in [1.54, 1.807) is 0 Å². The van der Waals surface area contributed by atoms with Crippen LogP contribution in [0.25, 0.3) is 0 Å². The average molecular weight is 284 g/mol. The van der Waals surface area contributed by atoms with Crippen molar-refractivity contribution in [3.63, 3.8) is 0 Å². The van der Waals surface area contributed by atoms with Crippen LogP contribution in [0.4, 0.5) is 4.79 Å². The van der Waals surface area contributed by atoms with Crippen molar-refractivity contribution in [1.29, 1.82) is 0 Å². The van der Waals surface area contributed by atoms with Crippen molar-refractivity contribution in [2.45, 2.75) is 71.9 Å². The van der Waals surface area contributed by atoms with E-state index in [1.807, 2.05) is 20.8 Å². The van der Waals surface area contributed by atoms with E-state index in [-0.39, 0.29) is 6.09 Å². The summed E-state index contributed by atoms with van der Waals surface area (Å²) in [6, 6.07) is 0.648. The van der Waals surface area contributed by atoms with Crippen LogP contribution in [-0.2, 0) is 4.74 Å². The minimum absolute atomic E-state index is 0.322. The molecule has 0 heterocycles. The molecule has 2 unspecified atom stereocenters. The van der Waals surface area contributed by atoms with Crippen LogP contribution in [0.15, 0.2) is 0 Å². The lowest BCUT2D eigenvalue weighted by Crippen LogP contribution is -2.38. The van der Waals surface area contributed by atoms with Crippen LogP contribution in [0.3, 0.4) is 0 Å². The minimum Gasteiger partial charge on any atom is -0.444 e. The first kappa shape index (κ1) is 17.3. The van der Waals surface area contributed by atoms with E-state index in [2.05, 4.69) is 24.5 Å². The number of nitrogens with one attached hydrogen (secondary N) is 2. The van der Waals surface area contributed by atoms with E-state index in [0.717, 1.165) is 24.8 Å². The van der Waals surface area contributed by atoms with Crippen LogP contribution in [0.5, 0.6) is 0 Å². The average Bonchev–Trinajstić information content (AvgIpc) is 2.24. The van der Waals surface area contributed by atoms with E-state index in [0.29, 0.717) is 12.6 Å². The van der Waals surface area contributed by atoms with Crippen molar-refractivity contribution >= 4 is 6.09 Å². The molecule has 1 amide bonds. The molecule has 118 valence electrons. The monoisotopic (exact) mass is 284 g/mol. The van der Waals surface area contributed by atoms with E-state index in [4.69, 9.17) is 4.74 Å². The Morgan fingerprint density at radius 2 is 1.70 bits per heavy atom. The molecule has 0 aliphatic heterocycles. The Morgan fingerprint density at radius 1 is 1.10 bits per heavy atom. The number of amides is 1.